The van der Waals surface area contributed by atoms with Gasteiger partial charge in [-0.3, -0.25) is 4.55 Å². The minimum atomic E-state index is -4.53. The average molecular weight is 464 g/mol. The third-order valence-electron chi connectivity index (χ3n) is 3.66. The van der Waals surface area contributed by atoms with E-state index in [9.17, 15) is 18.1 Å². The normalized spacial score (nSPS) is 11.7. The van der Waals surface area contributed by atoms with Crippen LogP contribution in [0, 0.1) is 6.92 Å². The van der Waals surface area contributed by atoms with Crippen LogP contribution in [-0.2, 0) is 10.1 Å². The molecule has 0 aliphatic rings. The molecule has 0 unspecified atom stereocenters. The van der Waals surface area contributed by atoms with E-state index in [0.29, 0.717) is 10.9 Å². The first kappa shape index (κ1) is 21.3. The van der Waals surface area contributed by atoms with Gasteiger partial charge in [-0.15, -0.1) is 10.2 Å². The Morgan fingerprint density at radius 2 is 1.73 bits per heavy atom. The summed E-state index contributed by atoms with van der Waals surface area (Å²) in [5.74, 6) is -0.0958. The van der Waals surface area contributed by atoms with Gasteiger partial charge < -0.3 is 5.11 Å². The second-order valence-corrected chi connectivity index (χ2v) is 7.20. The van der Waals surface area contributed by atoms with Gasteiger partial charge in [-0.05, 0) is 36.1 Å². The number of nitrogens with zero attached hydrogens (tertiary/aromatic N) is 2. The average Bonchev–Trinajstić information content (AvgIpc) is 2.55. The molecular weight excluding hydrogens is 451 g/mol. The number of phenols is 1. The molecule has 0 aliphatic carbocycles. The molecule has 0 heterocycles. The summed E-state index contributed by atoms with van der Waals surface area (Å²) >= 11 is 5.92. The van der Waals surface area contributed by atoms with Crippen molar-refractivity contribution in [3.05, 3.63) is 59.1 Å². The maximum atomic E-state index is 11.6. The summed E-state index contributed by atoms with van der Waals surface area (Å²) in [7, 11) is -4.53. The molecular formula is C17H13ClN2O4SSr. The van der Waals surface area contributed by atoms with Crippen LogP contribution in [0.15, 0.2) is 63.7 Å². The standard InChI is InChI=1S/C17H13ClN2O4S.Sr/c1-10-8-14(16(9-13(10)18)25(22,23)24)19-20-17-12-5-3-2-4-11(12)6-7-15(17)21;/h2-9,21H,1H3,(H,22,23,24);. The second-order valence-electron chi connectivity index (χ2n) is 5.40. The van der Waals surface area contributed by atoms with E-state index in [2.05, 4.69) is 10.2 Å². The maximum absolute atomic E-state index is 11.6. The van der Waals surface area contributed by atoms with Gasteiger partial charge in [0.2, 0.25) is 0 Å². The molecule has 26 heavy (non-hydrogen) atoms. The van der Waals surface area contributed by atoms with Crippen LogP contribution in [0.2, 0.25) is 5.02 Å². The summed E-state index contributed by atoms with van der Waals surface area (Å²) in [6.45, 7) is 1.67. The Hall–Kier alpha value is -0.999. The van der Waals surface area contributed by atoms with Crippen molar-refractivity contribution >= 4 is 89.3 Å². The zero-order chi connectivity index (χ0) is 18.2. The number of hydrogen-bond donors (Lipinski definition) is 2. The van der Waals surface area contributed by atoms with Crippen molar-refractivity contribution in [3.63, 3.8) is 0 Å². The third-order valence-corrected chi connectivity index (χ3v) is 4.95. The molecule has 0 fully saturated rings. The number of fused-ring (bicyclic) bond motifs is 1. The van der Waals surface area contributed by atoms with E-state index in [4.69, 9.17) is 11.6 Å². The van der Waals surface area contributed by atoms with Gasteiger partial charge in [0.05, 0.1) is 0 Å². The van der Waals surface area contributed by atoms with Crippen molar-refractivity contribution in [2.24, 2.45) is 10.2 Å². The van der Waals surface area contributed by atoms with Crippen molar-refractivity contribution in [1.29, 1.82) is 0 Å². The fraction of sp³-hybridized carbons (Fsp3) is 0.0588. The van der Waals surface area contributed by atoms with Gasteiger partial charge >= 0.3 is 0 Å². The second kappa shape index (κ2) is 8.35. The Labute approximate surface area is 192 Å². The van der Waals surface area contributed by atoms with Crippen LogP contribution in [0.5, 0.6) is 5.75 Å². The third kappa shape index (κ3) is 4.45. The van der Waals surface area contributed by atoms with Crippen LogP contribution in [0.1, 0.15) is 5.56 Å². The van der Waals surface area contributed by atoms with Crippen LogP contribution in [0.25, 0.3) is 10.8 Å². The van der Waals surface area contributed by atoms with Gasteiger partial charge in [-0.2, -0.15) is 8.42 Å². The van der Waals surface area contributed by atoms with E-state index in [1.165, 1.54) is 12.1 Å². The number of azo groups is 1. The smallest absolute Gasteiger partial charge is 0.296 e. The van der Waals surface area contributed by atoms with Gasteiger partial charge in [-0.25, -0.2) is 0 Å². The van der Waals surface area contributed by atoms with Crippen molar-refractivity contribution in [3.8, 4) is 5.75 Å². The Balaban J connectivity index is 0.00000243. The quantitative estimate of drug-likeness (QED) is 0.331. The zero-order valence-electron chi connectivity index (χ0n) is 13.7. The molecule has 0 spiro atoms. The summed E-state index contributed by atoms with van der Waals surface area (Å²) in [5, 5.41) is 19.7. The summed E-state index contributed by atoms with van der Waals surface area (Å²) in [5.41, 5.74) is 0.703. The molecule has 0 atom stereocenters. The van der Waals surface area contributed by atoms with E-state index in [-0.39, 0.29) is 67.6 Å². The Morgan fingerprint density at radius 3 is 2.42 bits per heavy atom. The molecule has 3 rings (SSSR count). The van der Waals surface area contributed by atoms with Gasteiger partial charge in [-0.1, -0.05) is 41.9 Å². The first-order valence-corrected chi connectivity index (χ1v) is 8.99. The fourth-order valence-electron chi connectivity index (χ4n) is 2.39. The van der Waals surface area contributed by atoms with Crippen LogP contribution >= 0.6 is 11.6 Å². The van der Waals surface area contributed by atoms with Crippen LogP contribution in [0.4, 0.5) is 11.4 Å². The van der Waals surface area contributed by atoms with E-state index in [1.54, 1.807) is 25.1 Å². The number of rotatable bonds is 3. The molecule has 3 aromatic rings. The van der Waals surface area contributed by atoms with Gasteiger partial charge in [0, 0.05) is 55.9 Å². The van der Waals surface area contributed by atoms with Crippen LogP contribution in [-0.4, -0.2) is 63.6 Å². The Bertz CT molecular complexity index is 1120. The molecule has 0 aromatic heterocycles. The Morgan fingerprint density at radius 1 is 1.04 bits per heavy atom. The Kier molecular flexibility index (Phi) is 6.84. The fourth-order valence-corrected chi connectivity index (χ4v) is 3.24. The number of phenolic OH excluding ortho intramolecular Hbond substituents is 1. The maximum Gasteiger partial charge on any atom is 0.296 e. The van der Waals surface area contributed by atoms with Gasteiger partial charge in [0.25, 0.3) is 10.1 Å². The first-order chi connectivity index (χ1) is 11.8. The molecule has 0 aliphatic heterocycles. The van der Waals surface area contributed by atoms with Gasteiger partial charge in [0.15, 0.2) is 0 Å². The first-order valence-electron chi connectivity index (χ1n) is 7.17. The molecule has 0 saturated heterocycles. The molecule has 0 bridgehead atoms. The van der Waals surface area contributed by atoms with Crippen molar-refractivity contribution in [2.75, 3.05) is 0 Å². The predicted octanol–water partition coefficient (Wildman–Crippen LogP) is 4.79. The number of hydrogen-bond acceptors (Lipinski definition) is 5. The summed E-state index contributed by atoms with van der Waals surface area (Å²) < 4.78 is 32.5. The minimum absolute atomic E-state index is 0. The van der Waals surface area contributed by atoms with Crippen molar-refractivity contribution in [2.45, 2.75) is 11.8 Å². The SMILES string of the molecule is Cc1cc(N=Nc2c(O)ccc3ccccc23)c(S(=O)(=O)O)cc1Cl.[Sr]. The number of aromatic hydroxyl groups is 1. The zero-order valence-corrected chi connectivity index (χ0v) is 18.8. The summed E-state index contributed by atoms with van der Waals surface area (Å²) in [4.78, 5) is -0.452. The number of benzene rings is 3. The summed E-state index contributed by atoms with van der Waals surface area (Å²) in [6.07, 6.45) is 0. The van der Waals surface area contributed by atoms with Crippen molar-refractivity contribution < 1.29 is 18.1 Å². The molecule has 130 valence electrons. The van der Waals surface area contributed by atoms with E-state index >= 15 is 0 Å². The molecule has 2 radical (unpaired) electrons. The minimum Gasteiger partial charge on any atom is -0.506 e. The van der Waals surface area contributed by atoms with E-state index < -0.39 is 15.0 Å². The largest absolute Gasteiger partial charge is 0.506 e. The van der Waals surface area contributed by atoms with Gasteiger partial charge in [0.1, 0.15) is 22.0 Å². The molecule has 0 amide bonds. The van der Waals surface area contributed by atoms with E-state index in [0.717, 1.165) is 11.5 Å². The summed E-state index contributed by atoms with van der Waals surface area (Å²) in [6, 6.07) is 13.0. The number of aryl methyl sites for hydroxylation is 1. The predicted molar refractivity (Wildman–Crippen MR) is 102 cm³/mol. The van der Waals surface area contributed by atoms with Crippen LogP contribution < -0.4 is 0 Å². The van der Waals surface area contributed by atoms with Crippen LogP contribution in [0.3, 0.4) is 0 Å². The molecule has 2 N–H and O–H groups in total. The monoisotopic (exact) mass is 464 g/mol. The molecule has 6 nitrogen and oxygen atoms in total. The molecule has 3 aromatic carbocycles. The topological polar surface area (TPSA) is 99.3 Å². The van der Waals surface area contributed by atoms with E-state index in [1.807, 2.05) is 12.1 Å². The van der Waals surface area contributed by atoms with Crippen molar-refractivity contribution in [1.82, 2.24) is 0 Å². The molecule has 9 heteroatoms. The molecule has 0 saturated carbocycles. The number of halogens is 1.